The molecule has 4 heterocycles. The molecule has 7 rings (SSSR count). The SMILES string of the molecule is O=C(NCc1ccc(Cl)cc1)c1nn2c(C(F)(F)F)cc(-c3ccccc3)nc2c1Cl.O=C(O)c1nn2c(C(F)(F)F)cc(-c3ccccc3)nc2c1Cl. The Morgan fingerprint density at radius 2 is 1.07 bits per heavy atom. The molecule has 4 aromatic heterocycles. The van der Waals surface area contributed by atoms with Crippen LogP contribution in [0.4, 0.5) is 26.3 Å². The molecular formula is C35H20Cl3F6N7O3. The highest BCUT2D eigenvalue weighted by Crippen LogP contribution is 2.36. The Hall–Kier alpha value is -5.71. The molecule has 0 fully saturated rings. The molecule has 0 radical (unpaired) electrons. The molecule has 0 spiro atoms. The van der Waals surface area contributed by atoms with E-state index in [9.17, 15) is 35.9 Å². The number of fused-ring (bicyclic) bond motifs is 2. The van der Waals surface area contributed by atoms with Crippen LogP contribution < -0.4 is 5.32 Å². The number of carboxylic acid groups (broad SMARTS) is 1. The lowest BCUT2D eigenvalue weighted by Gasteiger charge is -2.11. The number of nitrogens with zero attached hydrogens (tertiary/aromatic N) is 6. The molecule has 0 aliphatic rings. The zero-order chi connectivity index (χ0) is 38.9. The maximum Gasteiger partial charge on any atom is 0.433 e. The van der Waals surface area contributed by atoms with E-state index in [2.05, 4.69) is 25.5 Å². The summed E-state index contributed by atoms with van der Waals surface area (Å²) in [7, 11) is 0. The fraction of sp³-hybridized carbons (Fsp3) is 0.0857. The van der Waals surface area contributed by atoms with Gasteiger partial charge in [-0.3, -0.25) is 4.79 Å². The number of benzene rings is 3. The summed E-state index contributed by atoms with van der Waals surface area (Å²) in [6, 6.07) is 25.0. The average molecular weight is 807 g/mol. The van der Waals surface area contributed by atoms with E-state index >= 15 is 0 Å². The highest BCUT2D eigenvalue weighted by Gasteiger charge is 2.38. The van der Waals surface area contributed by atoms with E-state index in [4.69, 9.17) is 39.9 Å². The molecular weight excluding hydrogens is 787 g/mol. The molecule has 0 atom stereocenters. The lowest BCUT2D eigenvalue weighted by atomic mass is 10.1. The molecule has 2 N–H and O–H groups in total. The predicted molar refractivity (Wildman–Crippen MR) is 186 cm³/mol. The first-order chi connectivity index (χ1) is 25.5. The second-order valence-corrected chi connectivity index (χ2v) is 12.4. The van der Waals surface area contributed by atoms with Gasteiger partial charge in [-0.1, -0.05) is 108 Å². The van der Waals surface area contributed by atoms with Crippen molar-refractivity contribution in [3.05, 3.63) is 140 Å². The van der Waals surface area contributed by atoms with Gasteiger partial charge in [-0.2, -0.15) is 36.5 Å². The molecule has 0 unspecified atom stereocenters. The average Bonchev–Trinajstić information content (AvgIpc) is 3.66. The second kappa shape index (κ2) is 15.0. The number of carbonyl (C=O) groups is 2. The maximum atomic E-state index is 13.7. The number of halogens is 9. The number of alkyl halides is 6. The van der Waals surface area contributed by atoms with Gasteiger partial charge in [-0.25, -0.2) is 23.8 Å². The first kappa shape index (κ1) is 38.0. The molecule has 3 aromatic carbocycles. The van der Waals surface area contributed by atoms with Gasteiger partial charge in [0.15, 0.2) is 34.1 Å². The van der Waals surface area contributed by atoms with Crippen LogP contribution in [-0.4, -0.2) is 46.2 Å². The number of amides is 1. The third-order valence-electron chi connectivity index (χ3n) is 7.57. The second-order valence-electron chi connectivity index (χ2n) is 11.2. The molecule has 1 amide bonds. The van der Waals surface area contributed by atoms with Gasteiger partial charge in [-0.15, -0.1) is 0 Å². The van der Waals surface area contributed by atoms with Crippen LogP contribution in [0.2, 0.25) is 15.1 Å². The summed E-state index contributed by atoms with van der Waals surface area (Å²) in [6.07, 6.45) is -9.49. The molecule has 54 heavy (non-hydrogen) atoms. The van der Waals surface area contributed by atoms with Crippen molar-refractivity contribution in [3.63, 3.8) is 0 Å². The van der Waals surface area contributed by atoms with Crippen LogP contribution in [-0.2, 0) is 18.9 Å². The number of hydrogen-bond donors (Lipinski definition) is 2. The summed E-state index contributed by atoms with van der Waals surface area (Å²) in [6.45, 7) is 0.120. The molecule has 19 heteroatoms. The van der Waals surface area contributed by atoms with Gasteiger partial charge in [0.05, 0.1) is 11.4 Å². The lowest BCUT2D eigenvalue weighted by molar-refractivity contribution is -0.143. The molecule has 0 bridgehead atoms. The summed E-state index contributed by atoms with van der Waals surface area (Å²) >= 11 is 17.9. The van der Waals surface area contributed by atoms with Crippen molar-refractivity contribution in [1.82, 2.24) is 34.5 Å². The van der Waals surface area contributed by atoms with Gasteiger partial charge in [0, 0.05) is 22.7 Å². The van der Waals surface area contributed by atoms with Crippen molar-refractivity contribution in [2.24, 2.45) is 0 Å². The largest absolute Gasteiger partial charge is 0.476 e. The van der Waals surface area contributed by atoms with E-state index in [1.54, 1.807) is 84.9 Å². The Balaban J connectivity index is 0.000000193. The molecule has 10 nitrogen and oxygen atoms in total. The number of hydrogen-bond acceptors (Lipinski definition) is 6. The van der Waals surface area contributed by atoms with Gasteiger partial charge < -0.3 is 10.4 Å². The Labute approximate surface area is 314 Å². The predicted octanol–water partition coefficient (Wildman–Crippen LogP) is 9.42. The first-order valence-electron chi connectivity index (χ1n) is 15.2. The summed E-state index contributed by atoms with van der Waals surface area (Å²) in [4.78, 5) is 31.9. The van der Waals surface area contributed by atoms with Gasteiger partial charge in [0.25, 0.3) is 5.91 Å². The number of aromatic nitrogens is 6. The van der Waals surface area contributed by atoms with Crippen LogP contribution in [0.1, 0.15) is 37.9 Å². The van der Waals surface area contributed by atoms with Crippen LogP contribution in [0.5, 0.6) is 0 Å². The van der Waals surface area contributed by atoms with Gasteiger partial charge in [0.2, 0.25) is 0 Å². The summed E-state index contributed by atoms with van der Waals surface area (Å²) in [5, 5.41) is 18.6. The Morgan fingerprint density at radius 1 is 0.648 bits per heavy atom. The summed E-state index contributed by atoms with van der Waals surface area (Å²) < 4.78 is 81.9. The Bertz CT molecular complexity index is 2510. The monoisotopic (exact) mass is 805 g/mol. The summed E-state index contributed by atoms with van der Waals surface area (Å²) in [5.74, 6) is -2.25. The first-order valence-corrected chi connectivity index (χ1v) is 16.4. The topological polar surface area (TPSA) is 127 Å². The number of nitrogens with one attached hydrogen (secondary N) is 1. The third-order valence-corrected chi connectivity index (χ3v) is 8.52. The minimum atomic E-state index is -4.75. The van der Waals surface area contributed by atoms with Crippen LogP contribution in [0.15, 0.2) is 97.1 Å². The van der Waals surface area contributed by atoms with E-state index in [0.29, 0.717) is 25.2 Å². The molecule has 7 aromatic rings. The Kier molecular flexibility index (Phi) is 10.5. The number of rotatable bonds is 6. The third kappa shape index (κ3) is 7.95. The van der Waals surface area contributed by atoms with E-state index in [-0.39, 0.29) is 39.9 Å². The zero-order valence-electron chi connectivity index (χ0n) is 26.8. The Morgan fingerprint density at radius 3 is 1.50 bits per heavy atom. The molecule has 0 aliphatic heterocycles. The van der Waals surface area contributed by atoms with Crippen molar-refractivity contribution in [1.29, 1.82) is 0 Å². The van der Waals surface area contributed by atoms with E-state index in [0.717, 1.165) is 17.7 Å². The van der Waals surface area contributed by atoms with Crippen LogP contribution in [0, 0.1) is 0 Å². The van der Waals surface area contributed by atoms with E-state index in [1.807, 2.05) is 0 Å². The number of carbonyl (C=O) groups excluding carboxylic acids is 1. The molecule has 0 aliphatic carbocycles. The van der Waals surface area contributed by atoms with Crippen molar-refractivity contribution in [3.8, 4) is 22.5 Å². The maximum absolute atomic E-state index is 13.7. The highest BCUT2D eigenvalue weighted by atomic mass is 35.5. The van der Waals surface area contributed by atoms with Gasteiger partial charge in [0.1, 0.15) is 10.0 Å². The minimum Gasteiger partial charge on any atom is -0.476 e. The quantitative estimate of drug-likeness (QED) is 0.160. The normalized spacial score (nSPS) is 11.7. The van der Waals surface area contributed by atoms with Gasteiger partial charge in [-0.05, 0) is 29.8 Å². The number of carboxylic acids is 1. The molecule has 0 saturated heterocycles. The van der Waals surface area contributed by atoms with Crippen LogP contribution in [0.3, 0.4) is 0 Å². The van der Waals surface area contributed by atoms with Crippen LogP contribution in [0.25, 0.3) is 33.8 Å². The van der Waals surface area contributed by atoms with Crippen molar-refractivity contribution in [2.75, 3.05) is 0 Å². The lowest BCUT2D eigenvalue weighted by Crippen LogP contribution is -2.23. The standard InChI is InChI=1S/C21H13Cl2F3N4O.C14H7ClF3N3O2/c22-14-8-6-12(7-9-14)11-27-20(31)18-17(23)19-28-15(13-4-2-1-3-5-13)10-16(21(24,25)26)30(19)29-18;15-10-11(13(22)23)20-21-9(14(16,17)18)6-8(19-12(10)21)7-4-2-1-3-5-7/h1-10H,11H2,(H,27,31);1-6H,(H,22,23). The van der Waals surface area contributed by atoms with E-state index < -0.39 is 46.3 Å². The van der Waals surface area contributed by atoms with Gasteiger partial charge >= 0.3 is 18.3 Å². The van der Waals surface area contributed by atoms with Crippen molar-refractivity contribution < 1.29 is 41.0 Å². The highest BCUT2D eigenvalue weighted by molar-refractivity contribution is 6.37. The molecule has 276 valence electrons. The smallest absolute Gasteiger partial charge is 0.433 e. The van der Waals surface area contributed by atoms with Crippen molar-refractivity contribution in [2.45, 2.75) is 18.9 Å². The zero-order valence-corrected chi connectivity index (χ0v) is 29.1. The molecule has 0 saturated carbocycles. The fourth-order valence-corrected chi connectivity index (χ4v) is 5.66. The van der Waals surface area contributed by atoms with E-state index in [1.165, 1.54) is 0 Å². The minimum absolute atomic E-state index is 0.0177. The van der Waals surface area contributed by atoms with Crippen LogP contribution >= 0.6 is 34.8 Å². The fourth-order valence-electron chi connectivity index (χ4n) is 5.05. The summed E-state index contributed by atoms with van der Waals surface area (Å²) in [5.41, 5.74) is -2.15. The van der Waals surface area contributed by atoms with Crippen molar-refractivity contribution >= 4 is 58.0 Å². The number of aromatic carboxylic acids is 1.